The van der Waals surface area contributed by atoms with Crippen molar-refractivity contribution in [3.05, 3.63) is 28.7 Å². The van der Waals surface area contributed by atoms with Crippen LogP contribution in [0.5, 0.6) is 0 Å². The highest BCUT2D eigenvalue weighted by Gasteiger charge is 2.32. The second-order valence-electron chi connectivity index (χ2n) is 6.25. The number of aliphatic hydroxyl groups excluding tert-OH is 1. The number of hydrogen-bond acceptors (Lipinski definition) is 3. The number of halogens is 1. The van der Waals surface area contributed by atoms with Gasteiger partial charge in [0.15, 0.2) is 0 Å². The highest BCUT2D eigenvalue weighted by molar-refractivity contribution is 9.10. The van der Waals surface area contributed by atoms with Gasteiger partial charge in [-0.15, -0.1) is 0 Å². The van der Waals surface area contributed by atoms with Gasteiger partial charge in [0.2, 0.25) is 0 Å². The molecule has 1 heterocycles. The molecular formula is C15H23BrN2O. The summed E-state index contributed by atoms with van der Waals surface area (Å²) >= 11 is 3.63. The van der Waals surface area contributed by atoms with Gasteiger partial charge in [-0.05, 0) is 40.5 Å². The van der Waals surface area contributed by atoms with Gasteiger partial charge in [-0.25, -0.2) is 0 Å². The molecule has 0 aromatic heterocycles. The first-order valence-electron chi connectivity index (χ1n) is 6.73. The summed E-state index contributed by atoms with van der Waals surface area (Å²) in [7, 11) is 2.10. The molecule has 1 N–H and O–H groups in total. The van der Waals surface area contributed by atoms with E-state index in [-0.39, 0.29) is 18.1 Å². The largest absolute Gasteiger partial charge is 0.395 e. The Labute approximate surface area is 124 Å². The molecule has 3 nitrogen and oxygen atoms in total. The van der Waals surface area contributed by atoms with E-state index < -0.39 is 0 Å². The monoisotopic (exact) mass is 326 g/mol. The molecule has 1 aliphatic rings. The number of anilines is 1. The van der Waals surface area contributed by atoms with Gasteiger partial charge in [0.05, 0.1) is 12.3 Å². The lowest BCUT2D eigenvalue weighted by molar-refractivity contribution is 0.133. The third kappa shape index (κ3) is 3.50. The van der Waals surface area contributed by atoms with E-state index in [4.69, 9.17) is 0 Å². The smallest absolute Gasteiger partial charge is 0.0604 e. The van der Waals surface area contributed by atoms with Crippen molar-refractivity contribution < 1.29 is 5.11 Å². The molecule has 106 valence electrons. The lowest BCUT2D eigenvalue weighted by Gasteiger charge is -2.31. The lowest BCUT2D eigenvalue weighted by atomic mass is 9.92. The summed E-state index contributed by atoms with van der Waals surface area (Å²) in [6.45, 7) is 7.63. The van der Waals surface area contributed by atoms with E-state index in [1.807, 2.05) is 6.07 Å². The Morgan fingerprint density at radius 3 is 2.63 bits per heavy atom. The number of aliphatic hydroxyl groups is 1. The Morgan fingerprint density at radius 1 is 1.32 bits per heavy atom. The van der Waals surface area contributed by atoms with Gasteiger partial charge in [-0.2, -0.15) is 0 Å². The standard InChI is InChI=1S/C15H23BrN2O/c1-15(2)10-17(3)12(9-19)8-18(11-15)14-7-5-4-6-13(14)16/h4-7,12,19H,8-11H2,1-3H3. The van der Waals surface area contributed by atoms with Crippen LogP contribution in [-0.2, 0) is 0 Å². The quantitative estimate of drug-likeness (QED) is 0.904. The van der Waals surface area contributed by atoms with Gasteiger partial charge in [-0.1, -0.05) is 26.0 Å². The van der Waals surface area contributed by atoms with E-state index in [0.29, 0.717) is 0 Å². The zero-order chi connectivity index (χ0) is 14.0. The molecule has 0 saturated carbocycles. The maximum absolute atomic E-state index is 9.61. The number of rotatable bonds is 2. The molecular weight excluding hydrogens is 304 g/mol. The molecule has 1 fully saturated rings. The van der Waals surface area contributed by atoms with Crippen LogP contribution in [0.15, 0.2) is 28.7 Å². The van der Waals surface area contributed by atoms with Crippen molar-refractivity contribution >= 4 is 21.6 Å². The molecule has 1 atom stereocenters. The van der Waals surface area contributed by atoms with E-state index in [9.17, 15) is 5.11 Å². The van der Waals surface area contributed by atoms with Gasteiger partial charge >= 0.3 is 0 Å². The second-order valence-corrected chi connectivity index (χ2v) is 7.10. The van der Waals surface area contributed by atoms with Crippen molar-refractivity contribution in [2.45, 2.75) is 19.9 Å². The van der Waals surface area contributed by atoms with Crippen molar-refractivity contribution in [1.29, 1.82) is 0 Å². The molecule has 1 saturated heterocycles. The first-order chi connectivity index (χ1) is 8.93. The van der Waals surface area contributed by atoms with E-state index >= 15 is 0 Å². The van der Waals surface area contributed by atoms with Gasteiger partial charge in [0.1, 0.15) is 0 Å². The van der Waals surface area contributed by atoms with Crippen molar-refractivity contribution in [3.8, 4) is 0 Å². The molecule has 2 rings (SSSR count). The molecule has 1 aromatic rings. The zero-order valence-corrected chi connectivity index (χ0v) is 13.5. The summed E-state index contributed by atoms with van der Waals surface area (Å²) in [5.74, 6) is 0. The van der Waals surface area contributed by atoms with Crippen molar-refractivity contribution in [1.82, 2.24) is 4.90 Å². The molecule has 1 aromatic carbocycles. The summed E-state index contributed by atoms with van der Waals surface area (Å²) in [6.07, 6.45) is 0. The lowest BCUT2D eigenvalue weighted by Crippen LogP contribution is -2.41. The van der Waals surface area contributed by atoms with E-state index in [2.05, 4.69) is 64.8 Å². The minimum Gasteiger partial charge on any atom is -0.395 e. The molecule has 4 heteroatoms. The van der Waals surface area contributed by atoms with Crippen LogP contribution in [-0.4, -0.2) is 49.3 Å². The van der Waals surface area contributed by atoms with Crippen molar-refractivity contribution in [3.63, 3.8) is 0 Å². The number of nitrogens with zero attached hydrogens (tertiary/aromatic N) is 2. The number of para-hydroxylation sites is 1. The van der Waals surface area contributed by atoms with Crippen LogP contribution in [0.1, 0.15) is 13.8 Å². The summed E-state index contributed by atoms with van der Waals surface area (Å²) in [5, 5.41) is 9.61. The Kier molecular flexibility index (Phi) is 4.54. The average molecular weight is 327 g/mol. The molecule has 19 heavy (non-hydrogen) atoms. The molecule has 0 aliphatic carbocycles. The Balaban J connectivity index is 2.31. The molecule has 0 radical (unpaired) electrons. The van der Waals surface area contributed by atoms with E-state index in [1.54, 1.807) is 0 Å². The van der Waals surface area contributed by atoms with Crippen LogP contribution in [0.2, 0.25) is 0 Å². The Hall–Kier alpha value is -0.580. The fraction of sp³-hybridized carbons (Fsp3) is 0.600. The number of hydrogen-bond donors (Lipinski definition) is 1. The molecule has 1 aliphatic heterocycles. The average Bonchev–Trinajstić information content (AvgIpc) is 2.45. The number of benzene rings is 1. The normalized spacial score (nSPS) is 24.3. The maximum Gasteiger partial charge on any atom is 0.0604 e. The highest BCUT2D eigenvalue weighted by atomic mass is 79.9. The SMILES string of the molecule is CN1CC(C)(C)CN(c2ccccc2Br)CC1CO. The molecule has 0 spiro atoms. The first-order valence-corrected chi connectivity index (χ1v) is 7.53. The van der Waals surface area contributed by atoms with E-state index in [1.165, 1.54) is 5.69 Å². The predicted molar refractivity (Wildman–Crippen MR) is 83.6 cm³/mol. The fourth-order valence-corrected chi connectivity index (χ4v) is 3.45. The third-order valence-corrected chi connectivity index (χ3v) is 4.43. The third-order valence-electron chi connectivity index (χ3n) is 3.75. The Bertz CT molecular complexity index is 436. The van der Waals surface area contributed by atoms with Crippen LogP contribution < -0.4 is 4.90 Å². The van der Waals surface area contributed by atoms with Gasteiger partial charge in [0, 0.05) is 30.1 Å². The maximum atomic E-state index is 9.61. The minimum atomic E-state index is 0.189. The predicted octanol–water partition coefficient (Wildman–Crippen LogP) is 2.59. The van der Waals surface area contributed by atoms with Gasteiger partial charge < -0.3 is 10.0 Å². The zero-order valence-electron chi connectivity index (χ0n) is 11.9. The van der Waals surface area contributed by atoms with Gasteiger partial charge in [-0.3, -0.25) is 4.90 Å². The second kappa shape index (κ2) is 5.81. The molecule has 0 bridgehead atoms. The van der Waals surface area contributed by atoms with Crippen molar-refractivity contribution in [2.24, 2.45) is 5.41 Å². The van der Waals surface area contributed by atoms with Crippen LogP contribution in [0.25, 0.3) is 0 Å². The van der Waals surface area contributed by atoms with Crippen LogP contribution in [0.3, 0.4) is 0 Å². The van der Waals surface area contributed by atoms with Crippen LogP contribution >= 0.6 is 15.9 Å². The molecule has 1 unspecified atom stereocenters. The molecule has 0 amide bonds. The fourth-order valence-electron chi connectivity index (χ4n) is 2.92. The van der Waals surface area contributed by atoms with Crippen molar-refractivity contribution in [2.75, 3.05) is 38.2 Å². The minimum absolute atomic E-state index is 0.189. The van der Waals surface area contributed by atoms with E-state index in [0.717, 1.165) is 24.1 Å². The summed E-state index contributed by atoms with van der Waals surface area (Å²) in [6, 6.07) is 8.50. The Morgan fingerprint density at radius 2 is 2.00 bits per heavy atom. The van der Waals surface area contributed by atoms with Crippen LogP contribution in [0.4, 0.5) is 5.69 Å². The number of likely N-dealkylation sites (N-methyl/N-ethyl adjacent to an activating group) is 1. The summed E-state index contributed by atoms with van der Waals surface area (Å²) in [5.41, 5.74) is 1.41. The summed E-state index contributed by atoms with van der Waals surface area (Å²) in [4.78, 5) is 4.66. The van der Waals surface area contributed by atoms with Gasteiger partial charge in [0.25, 0.3) is 0 Å². The topological polar surface area (TPSA) is 26.7 Å². The first kappa shape index (κ1) is 14.8. The van der Waals surface area contributed by atoms with Crippen LogP contribution in [0, 0.1) is 5.41 Å². The highest BCUT2D eigenvalue weighted by Crippen LogP contribution is 2.31. The summed E-state index contributed by atoms with van der Waals surface area (Å²) < 4.78 is 1.12.